The fourth-order valence-electron chi connectivity index (χ4n) is 1.59. The van der Waals surface area contributed by atoms with Crippen LogP contribution in [0.2, 0.25) is 0 Å². The van der Waals surface area contributed by atoms with E-state index < -0.39 is 11.7 Å². The van der Waals surface area contributed by atoms with Crippen LogP contribution in [0.4, 0.5) is 13.2 Å². The minimum atomic E-state index is -4.33. The Labute approximate surface area is 100 Å². The highest BCUT2D eigenvalue weighted by Crippen LogP contribution is 2.36. The van der Waals surface area contributed by atoms with Crippen molar-refractivity contribution in [1.29, 1.82) is 0 Å². The van der Waals surface area contributed by atoms with E-state index in [4.69, 9.17) is 4.74 Å². The van der Waals surface area contributed by atoms with Gasteiger partial charge in [-0.1, -0.05) is 19.9 Å². The summed E-state index contributed by atoms with van der Waals surface area (Å²) < 4.78 is 43.0. The van der Waals surface area contributed by atoms with E-state index >= 15 is 0 Å². The summed E-state index contributed by atoms with van der Waals surface area (Å²) in [5.74, 6) is 0.315. The van der Waals surface area contributed by atoms with E-state index in [0.717, 1.165) is 17.7 Å². The lowest BCUT2D eigenvalue weighted by atomic mass is 9.67. The molecule has 0 unspecified atom stereocenters. The fourth-order valence-corrected chi connectivity index (χ4v) is 1.59. The van der Waals surface area contributed by atoms with Crippen molar-refractivity contribution >= 4 is 7.85 Å². The molecule has 0 atom stereocenters. The van der Waals surface area contributed by atoms with Gasteiger partial charge in [-0.25, -0.2) is 0 Å². The van der Waals surface area contributed by atoms with Crippen molar-refractivity contribution in [3.05, 3.63) is 29.3 Å². The molecule has 0 aliphatic heterocycles. The summed E-state index contributed by atoms with van der Waals surface area (Å²) >= 11 is 0. The summed E-state index contributed by atoms with van der Waals surface area (Å²) in [4.78, 5) is 0. The number of hydrogen-bond acceptors (Lipinski definition) is 1. The van der Waals surface area contributed by atoms with Crippen molar-refractivity contribution in [2.75, 3.05) is 6.61 Å². The summed E-state index contributed by atoms with van der Waals surface area (Å²) in [5, 5.41) is -0.241. The van der Waals surface area contributed by atoms with E-state index in [-0.39, 0.29) is 5.31 Å². The third kappa shape index (κ3) is 3.41. The molecule has 0 amide bonds. The largest absolute Gasteiger partial charge is 0.494 e. The molecule has 94 valence electrons. The molecule has 0 heterocycles. The molecule has 17 heavy (non-hydrogen) atoms. The third-order valence-corrected chi connectivity index (χ3v) is 2.42. The Morgan fingerprint density at radius 2 is 1.82 bits per heavy atom. The molecule has 0 aliphatic rings. The number of benzene rings is 1. The molecule has 0 N–H and O–H groups in total. The van der Waals surface area contributed by atoms with Crippen LogP contribution in [0.1, 0.15) is 31.9 Å². The molecule has 0 aliphatic carbocycles. The van der Waals surface area contributed by atoms with Gasteiger partial charge in [0.05, 0.1) is 12.2 Å². The van der Waals surface area contributed by atoms with Crippen LogP contribution in [-0.4, -0.2) is 14.5 Å². The van der Waals surface area contributed by atoms with Crippen LogP contribution in [0.3, 0.4) is 0 Å². The maximum absolute atomic E-state index is 12.6. The van der Waals surface area contributed by atoms with E-state index in [1.54, 1.807) is 6.92 Å². The monoisotopic (exact) mass is 244 g/mol. The van der Waals surface area contributed by atoms with Crippen LogP contribution in [-0.2, 0) is 11.5 Å². The molecule has 0 saturated carbocycles. The standard InChI is InChI=1S/C12H16BF3O/c1-4-17-10-7-8(12(14,15)16)5-6-9(10)11(2,3)13/h5-7H,4,13H2,1-3H3. The summed E-state index contributed by atoms with van der Waals surface area (Å²) in [6.45, 7) is 5.99. The van der Waals surface area contributed by atoms with Crippen LogP contribution < -0.4 is 4.74 Å². The number of hydrogen-bond donors (Lipinski definition) is 0. The third-order valence-electron chi connectivity index (χ3n) is 2.42. The maximum atomic E-state index is 12.6. The Balaban J connectivity index is 3.27. The number of alkyl halides is 3. The lowest BCUT2D eigenvalue weighted by Gasteiger charge is -2.23. The first-order valence-corrected chi connectivity index (χ1v) is 5.50. The first-order chi connectivity index (χ1) is 7.66. The molecule has 0 spiro atoms. The number of halogens is 3. The van der Waals surface area contributed by atoms with Gasteiger partial charge >= 0.3 is 6.18 Å². The van der Waals surface area contributed by atoms with Crippen LogP contribution >= 0.6 is 0 Å². The van der Waals surface area contributed by atoms with Gasteiger partial charge in [-0.3, -0.25) is 0 Å². The van der Waals surface area contributed by atoms with Gasteiger partial charge < -0.3 is 4.74 Å². The molecular formula is C12H16BF3O. The molecule has 1 aromatic rings. The van der Waals surface area contributed by atoms with Gasteiger partial charge in [-0.05, 0) is 29.9 Å². The smallest absolute Gasteiger partial charge is 0.416 e. The van der Waals surface area contributed by atoms with E-state index in [1.807, 2.05) is 21.7 Å². The van der Waals surface area contributed by atoms with Crippen molar-refractivity contribution in [3.63, 3.8) is 0 Å². The maximum Gasteiger partial charge on any atom is 0.416 e. The van der Waals surface area contributed by atoms with Gasteiger partial charge in [-0.15, -0.1) is 0 Å². The second-order valence-electron chi connectivity index (χ2n) is 4.89. The van der Waals surface area contributed by atoms with Gasteiger partial charge in [0.25, 0.3) is 0 Å². The molecule has 0 fully saturated rings. The highest BCUT2D eigenvalue weighted by molar-refractivity contribution is 6.15. The second-order valence-corrected chi connectivity index (χ2v) is 4.89. The van der Waals surface area contributed by atoms with E-state index in [1.165, 1.54) is 6.07 Å². The van der Waals surface area contributed by atoms with Crippen LogP contribution in [0.15, 0.2) is 18.2 Å². The molecular weight excluding hydrogens is 228 g/mol. The quantitative estimate of drug-likeness (QED) is 0.742. The zero-order valence-electron chi connectivity index (χ0n) is 10.5. The van der Waals surface area contributed by atoms with Gasteiger partial charge in [0, 0.05) is 0 Å². The molecule has 1 rings (SSSR count). The lowest BCUT2D eigenvalue weighted by Crippen LogP contribution is -2.19. The normalized spacial score (nSPS) is 12.6. The van der Waals surface area contributed by atoms with Crippen molar-refractivity contribution in [1.82, 2.24) is 0 Å². The Morgan fingerprint density at radius 3 is 2.24 bits per heavy atom. The van der Waals surface area contributed by atoms with Crippen LogP contribution in [0, 0.1) is 0 Å². The van der Waals surface area contributed by atoms with E-state index in [0.29, 0.717) is 12.4 Å². The Kier molecular flexibility index (Phi) is 3.79. The zero-order valence-corrected chi connectivity index (χ0v) is 10.5. The minimum Gasteiger partial charge on any atom is -0.494 e. The van der Waals surface area contributed by atoms with Gasteiger partial charge in [0.2, 0.25) is 0 Å². The topological polar surface area (TPSA) is 9.23 Å². The van der Waals surface area contributed by atoms with Crippen molar-refractivity contribution in [2.45, 2.75) is 32.3 Å². The Bertz CT molecular complexity index is 394. The molecule has 1 aromatic carbocycles. The first-order valence-electron chi connectivity index (χ1n) is 5.50. The van der Waals surface area contributed by atoms with Gasteiger partial charge in [-0.2, -0.15) is 13.2 Å². The second kappa shape index (κ2) is 4.63. The zero-order chi connectivity index (χ0) is 13.3. The fraction of sp³-hybridized carbons (Fsp3) is 0.500. The van der Waals surface area contributed by atoms with Crippen molar-refractivity contribution in [2.24, 2.45) is 0 Å². The first kappa shape index (κ1) is 13.9. The molecule has 0 saturated heterocycles. The van der Waals surface area contributed by atoms with Crippen LogP contribution in [0.25, 0.3) is 0 Å². The highest BCUT2D eigenvalue weighted by Gasteiger charge is 2.32. The van der Waals surface area contributed by atoms with Crippen molar-refractivity contribution in [3.8, 4) is 5.75 Å². The van der Waals surface area contributed by atoms with E-state index in [9.17, 15) is 13.2 Å². The predicted molar refractivity (Wildman–Crippen MR) is 64.2 cm³/mol. The number of ether oxygens (including phenoxy) is 1. The predicted octanol–water partition coefficient (Wildman–Crippen LogP) is 2.97. The number of rotatable bonds is 3. The molecule has 0 bridgehead atoms. The van der Waals surface area contributed by atoms with E-state index in [2.05, 4.69) is 0 Å². The lowest BCUT2D eigenvalue weighted by molar-refractivity contribution is -0.137. The summed E-state index contributed by atoms with van der Waals surface area (Å²) in [6, 6.07) is 3.67. The highest BCUT2D eigenvalue weighted by atomic mass is 19.4. The van der Waals surface area contributed by atoms with Crippen LogP contribution in [0.5, 0.6) is 5.75 Å². The van der Waals surface area contributed by atoms with Gasteiger partial charge in [0.1, 0.15) is 13.6 Å². The SMILES string of the molecule is BC(C)(C)c1ccc(C(F)(F)F)cc1OCC. The van der Waals surface area contributed by atoms with Crippen molar-refractivity contribution < 1.29 is 17.9 Å². The minimum absolute atomic E-state index is 0.241. The summed E-state index contributed by atoms with van der Waals surface area (Å²) in [5.41, 5.74) is 0.112. The summed E-state index contributed by atoms with van der Waals surface area (Å²) in [6.07, 6.45) is -4.33. The average molecular weight is 244 g/mol. The molecule has 5 heteroatoms. The average Bonchev–Trinajstić information content (AvgIpc) is 2.15. The summed E-state index contributed by atoms with van der Waals surface area (Å²) in [7, 11) is 1.94. The molecule has 1 nitrogen and oxygen atoms in total. The molecule has 0 radical (unpaired) electrons. The Morgan fingerprint density at radius 1 is 1.24 bits per heavy atom. The Hall–Kier alpha value is -1.13. The molecule has 0 aromatic heterocycles. The van der Waals surface area contributed by atoms with Gasteiger partial charge in [0.15, 0.2) is 0 Å².